The Morgan fingerprint density at radius 1 is 1.29 bits per heavy atom. The van der Waals surface area contributed by atoms with Crippen molar-refractivity contribution in [3.63, 3.8) is 0 Å². The summed E-state index contributed by atoms with van der Waals surface area (Å²) >= 11 is 0. The quantitative estimate of drug-likeness (QED) is 0.697. The van der Waals surface area contributed by atoms with Crippen molar-refractivity contribution < 1.29 is 21.6 Å². The summed E-state index contributed by atoms with van der Waals surface area (Å²) in [5.74, 6) is -0.165. The molecule has 0 radical (unpaired) electrons. The molecule has 4 N–H and O–H groups in total. The molecule has 0 bridgehead atoms. The van der Waals surface area contributed by atoms with Crippen LogP contribution in [-0.4, -0.2) is 42.1 Å². The number of primary sulfonamides is 1. The van der Waals surface area contributed by atoms with Gasteiger partial charge in [0.05, 0.1) is 5.56 Å². The lowest BCUT2D eigenvalue weighted by Gasteiger charge is -2.39. The molecule has 8 nitrogen and oxygen atoms in total. The number of hydrogen-bond acceptors (Lipinski definition) is 6. The molecule has 1 heterocycles. The molecule has 28 heavy (non-hydrogen) atoms. The number of halogens is 3. The smallest absolute Gasteiger partial charge is 0.317 e. The minimum atomic E-state index is -4.91. The standard InChI is InChI=1S/C16H21F3N6O2S/c1-15(7-5-9(21-2)6-8-15)10-3-4-11(16(17,18)19)13(28(20,26)27)12(10)14-22-24-25-23-14/h3-4,9,21H,5-8H2,1-2H3,(H2,20,26,27)(H,22,23,24,25). The van der Waals surface area contributed by atoms with E-state index in [1.54, 1.807) is 0 Å². The zero-order valence-corrected chi connectivity index (χ0v) is 16.2. The predicted octanol–water partition coefficient (Wildman–Crippen LogP) is 1.95. The molecule has 1 aliphatic rings. The van der Waals surface area contributed by atoms with Gasteiger partial charge < -0.3 is 5.32 Å². The molecule has 1 aromatic heterocycles. The number of aromatic nitrogens is 4. The highest BCUT2D eigenvalue weighted by Crippen LogP contribution is 2.47. The van der Waals surface area contributed by atoms with E-state index in [4.69, 9.17) is 5.14 Å². The first-order valence-electron chi connectivity index (χ1n) is 8.66. The van der Waals surface area contributed by atoms with E-state index in [0.29, 0.717) is 24.4 Å². The number of nitrogens with zero attached hydrogens (tertiary/aromatic N) is 3. The Bertz CT molecular complexity index is 951. The van der Waals surface area contributed by atoms with Gasteiger partial charge in [0.25, 0.3) is 0 Å². The second kappa shape index (κ2) is 7.08. The molecule has 1 aromatic carbocycles. The highest BCUT2D eigenvalue weighted by Gasteiger charge is 2.43. The minimum Gasteiger partial charge on any atom is -0.317 e. The Labute approximate surface area is 160 Å². The van der Waals surface area contributed by atoms with E-state index >= 15 is 0 Å². The maximum absolute atomic E-state index is 13.6. The third kappa shape index (κ3) is 3.76. The first-order valence-corrected chi connectivity index (χ1v) is 10.2. The molecular formula is C16H21F3N6O2S. The third-order valence-corrected chi connectivity index (χ3v) is 6.47. The molecule has 1 fully saturated rings. The normalized spacial score (nSPS) is 23.7. The van der Waals surface area contributed by atoms with E-state index in [1.165, 1.54) is 6.07 Å². The molecular weight excluding hydrogens is 397 g/mol. The van der Waals surface area contributed by atoms with Gasteiger partial charge in [-0.15, -0.1) is 5.10 Å². The Kier molecular flexibility index (Phi) is 5.23. The molecule has 1 aliphatic carbocycles. The van der Waals surface area contributed by atoms with Gasteiger partial charge in [-0.05, 0) is 60.2 Å². The average molecular weight is 418 g/mol. The van der Waals surface area contributed by atoms with Crippen LogP contribution in [0.2, 0.25) is 0 Å². The van der Waals surface area contributed by atoms with Crippen molar-refractivity contribution in [2.45, 2.75) is 55.1 Å². The molecule has 0 spiro atoms. The number of nitrogens with two attached hydrogens (primary N) is 1. The zero-order chi connectivity index (χ0) is 20.7. The van der Waals surface area contributed by atoms with Crippen molar-refractivity contribution in [1.29, 1.82) is 0 Å². The summed E-state index contributed by atoms with van der Waals surface area (Å²) in [5, 5.41) is 21.3. The van der Waals surface area contributed by atoms with Crippen LogP contribution in [0.5, 0.6) is 0 Å². The zero-order valence-electron chi connectivity index (χ0n) is 15.3. The number of nitrogens with one attached hydrogen (secondary N) is 2. The van der Waals surface area contributed by atoms with Crippen LogP contribution in [-0.2, 0) is 21.6 Å². The lowest BCUT2D eigenvalue weighted by molar-refractivity contribution is -0.139. The summed E-state index contributed by atoms with van der Waals surface area (Å²) in [5.41, 5.74) is -1.68. The van der Waals surface area contributed by atoms with E-state index in [0.717, 1.165) is 18.9 Å². The molecule has 0 aliphatic heterocycles. The van der Waals surface area contributed by atoms with Crippen LogP contribution in [0, 0.1) is 0 Å². The van der Waals surface area contributed by atoms with Crippen molar-refractivity contribution in [2.24, 2.45) is 5.14 Å². The summed E-state index contributed by atoms with van der Waals surface area (Å²) < 4.78 is 65.2. The van der Waals surface area contributed by atoms with Crippen LogP contribution in [0.4, 0.5) is 13.2 Å². The van der Waals surface area contributed by atoms with Crippen LogP contribution in [0.25, 0.3) is 11.4 Å². The summed E-state index contributed by atoms with van der Waals surface area (Å²) in [4.78, 5) is -1.01. The second-order valence-corrected chi connectivity index (χ2v) is 8.78. The number of tetrazole rings is 1. The van der Waals surface area contributed by atoms with Gasteiger partial charge in [0.1, 0.15) is 4.90 Å². The number of hydrogen-bond donors (Lipinski definition) is 3. The number of rotatable bonds is 4. The average Bonchev–Trinajstić information content (AvgIpc) is 3.14. The summed E-state index contributed by atoms with van der Waals surface area (Å²) in [6, 6.07) is 2.39. The first-order chi connectivity index (χ1) is 13.0. The fraction of sp³-hybridized carbons (Fsp3) is 0.562. The van der Waals surface area contributed by atoms with Gasteiger partial charge in [-0.3, -0.25) is 0 Å². The molecule has 12 heteroatoms. The summed E-state index contributed by atoms with van der Waals surface area (Å²) in [6.07, 6.45) is -2.00. The Morgan fingerprint density at radius 2 is 1.93 bits per heavy atom. The van der Waals surface area contributed by atoms with Crippen LogP contribution < -0.4 is 10.5 Å². The maximum Gasteiger partial charge on any atom is 0.417 e. The van der Waals surface area contributed by atoms with Crippen molar-refractivity contribution in [2.75, 3.05) is 7.05 Å². The first kappa shape index (κ1) is 20.7. The van der Waals surface area contributed by atoms with Crippen molar-refractivity contribution in [3.05, 3.63) is 23.3 Å². The van der Waals surface area contributed by atoms with Gasteiger partial charge in [-0.1, -0.05) is 13.0 Å². The fourth-order valence-electron chi connectivity index (χ4n) is 3.92. The second-order valence-electron chi connectivity index (χ2n) is 7.28. The van der Waals surface area contributed by atoms with Gasteiger partial charge in [-0.2, -0.15) is 13.2 Å². The van der Waals surface area contributed by atoms with Crippen molar-refractivity contribution in [3.8, 4) is 11.4 Å². The predicted molar refractivity (Wildman–Crippen MR) is 94.7 cm³/mol. The molecule has 0 atom stereocenters. The molecule has 1 saturated carbocycles. The number of sulfonamides is 1. The molecule has 154 valence electrons. The lowest BCUT2D eigenvalue weighted by Crippen LogP contribution is -2.37. The summed E-state index contributed by atoms with van der Waals surface area (Å²) in [6.45, 7) is 1.90. The van der Waals surface area contributed by atoms with E-state index in [1.807, 2.05) is 14.0 Å². The van der Waals surface area contributed by atoms with E-state index in [-0.39, 0.29) is 11.4 Å². The molecule has 2 aromatic rings. The lowest BCUT2D eigenvalue weighted by atomic mass is 9.68. The highest BCUT2D eigenvalue weighted by molar-refractivity contribution is 7.89. The molecule has 0 amide bonds. The number of aromatic amines is 1. The number of H-pyrrole nitrogens is 1. The Morgan fingerprint density at radius 3 is 2.39 bits per heavy atom. The van der Waals surface area contributed by atoms with Gasteiger partial charge in [0.2, 0.25) is 10.0 Å². The van der Waals surface area contributed by atoms with Gasteiger partial charge in [0.15, 0.2) is 5.82 Å². The minimum absolute atomic E-state index is 0.165. The van der Waals surface area contributed by atoms with Gasteiger partial charge >= 0.3 is 6.18 Å². The molecule has 0 saturated heterocycles. The maximum atomic E-state index is 13.6. The van der Waals surface area contributed by atoms with E-state index in [2.05, 4.69) is 25.9 Å². The third-order valence-electron chi connectivity index (χ3n) is 5.48. The van der Waals surface area contributed by atoms with Crippen molar-refractivity contribution in [1.82, 2.24) is 25.9 Å². The summed E-state index contributed by atoms with van der Waals surface area (Å²) in [7, 11) is -2.87. The van der Waals surface area contributed by atoms with Crippen molar-refractivity contribution >= 4 is 10.0 Å². The van der Waals surface area contributed by atoms with Crippen LogP contribution in [0.1, 0.15) is 43.7 Å². The van der Waals surface area contributed by atoms with Crippen LogP contribution in [0.15, 0.2) is 17.0 Å². The SMILES string of the molecule is CNC1CCC(C)(c2ccc(C(F)(F)F)c(S(N)(=O)=O)c2-c2nnn[nH]2)CC1. The highest BCUT2D eigenvalue weighted by atomic mass is 32.2. The molecule has 3 rings (SSSR count). The number of benzene rings is 1. The molecule has 0 unspecified atom stereocenters. The van der Waals surface area contributed by atoms with Gasteiger partial charge in [-0.25, -0.2) is 18.7 Å². The Balaban J connectivity index is 2.31. The Hall–Kier alpha value is -2.05. The topological polar surface area (TPSA) is 127 Å². The largest absolute Gasteiger partial charge is 0.417 e. The van der Waals surface area contributed by atoms with E-state index < -0.39 is 32.1 Å². The van der Waals surface area contributed by atoms with E-state index in [9.17, 15) is 21.6 Å². The van der Waals surface area contributed by atoms with Gasteiger partial charge in [0, 0.05) is 11.6 Å². The van der Waals surface area contributed by atoms with Crippen LogP contribution in [0.3, 0.4) is 0 Å². The number of alkyl halides is 3. The van der Waals surface area contributed by atoms with Crippen LogP contribution >= 0.6 is 0 Å². The monoisotopic (exact) mass is 418 g/mol. The fourth-order valence-corrected chi connectivity index (χ4v) is 4.90.